The number of hydrogen-bond donors (Lipinski definition) is 1. The Bertz CT molecular complexity index is 635. The summed E-state index contributed by atoms with van der Waals surface area (Å²) in [4.78, 5) is 33.8. The van der Waals surface area contributed by atoms with Crippen LogP contribution in [0.1, 0.15) is 30.6 Å². The number of hydrogen-bond acceptors (Lipinski definition) is 7. The zero-order valence-electron chi connectivity index (χ0n) is 13.4. The van der Waals surface area contributed by atoms with Gasteiger partial charge in [-0.05, 0) is 19.1 Å². The minimum absolute atomic E-state index is 0.0259. The van der Waals surface area contributed by atoms with Gasteiger partial charge in [0.05, 0.1) is 18.8 Å². The smallest absolute Gasteiger partial charge is 0.339 e. The molecule has 0 aliphatic rings. The largest absolute Gasteiger partial charge is 0.478 e. The van der Waals surface area contributed by atoms with Gasteiger partial charge < -0.3 is 24.1 Å². The van der Waals surface area contributed by atoms with Gasteiger partial charge in [-0.1, -0.05) is 6.58 Å². The number of esters is 2. The maximum atomic E-state index is 11.8. The molecule has 0 spiro atoms. The summed E-state index contributed by atoms with van der Waals surface area (Å²) in [6.45, 7) is 6.34. The molecule has 1 rings (SSSR count). The Morgan fingerprint density at radius 2 is 1.88 bits per heavy atom. The van der Waals surface area contributed by atoms with Gasteiger partial charge in [-0.2, -0.15) is 0 Å². The SMILES string of the molecule is C=C(C)OCOCCC(=O)Oc1cc(OC(C)=O)ccc1C(=O)O. The van der Waals surface area contributed by atoms with Crippen molar-refractivity contribution in [1.82, 2.24) is 0 Å². The monoisotopic (exact) mass is 338 g/mol. The molecule has 0 radical (unpaired) electrons. The molecule has 0 unspecified atom stereocenters. The Morgan fingerprint density at radius 3 is 2.46 bits per heavy atom. The third kappa shape index (κ3) is 6.93. The molecule has 0 amide bonds. The number of carboxylic acid groups (broad SMARTS) is 1. The predicted molar refractivity (Wildman–Crippen MR) is 81.7 cm³/mol. The topological polar surface area (TPSA) is 108 Å². The van der Waals surface area contributed by atoms with E-state index >= 15 is 0 Å². The minimum Gasteiger partial charge on any atom is -0.478 e. The van der Waals surface area contributed by atoms with Crippen LogP contribution in [0.4, 0.5) is 0 Å². The van der Waals surface area contributed by atoms with Crippen molar-refractivity contribution in [3.63, 3.8) is 0 Å². The molecule has 0 bridgehead atoms. The highest BCUT2D eigenvalue weighted by Gasteiger charge is 2.16. The van der Waals surface area contributed by atoms with Gasteiger partial charge in [0.25, 0.3) is 0 Å². The van der Waals surface area contributed by atoms with Gasteiger partial charge in [-0.25, -0.2) is 4.79 Å². The molecule has 1 aromatic carbocycles. The van der Waals surface area contributed by atoms with Crippen LogP contribution >= 0.6 is 0 Å². The maximum absolute atomic E-state index is 11.8. The number of carbonyl (C=O) groups excluding carboxylic acids is 2. The van der Waals surface area contributed by atoms with E-state index in [9.17, 15) is 14.4 Å². The summed E-state index contributed by atoms with van der Waals surface area (Å²) < 4.78 is 19.8. The summed E-state index contributed by atoms with van der Waals surface area (Å²) in [6, 6.07) is 3.63. The predicted octanol–water partition coefficient (Wildman–Crippen LogP) is 2.13. The van der Waals surface area contributed by atoms with Crippen molar-refractivity contribution in [3.05, 3.63) is 36.1 Å². The number of carboxylic acids is 1. The first-order valence-corrected chi connectivity index (χ1v) is 6.92. The van der Waals surface area contributed by atoms with Crippen LogP contribution in [-0.4, -0.2) is 36.4 Å². The normalized spacial score (nSPS) is 9.92. The summed E-state index contributed by atoms with van der Waals surface area (Å²) in [7, 11) is 0. The van der Waals surface area contributed by atoms with Crippen molar-refractivity contribution >= 4 is 17.9 Å². The first-order valence-electron chi connectivity index (χ1n) is 6.92. The molecular formula is C16H18O8. The lowest BCUT2D eigenvalue weighted by molar-refractivity contribution is -0.136. The van der Waals surface area contributed by atoms with E-state index in [2.05, 4.69) is 6.58 Å². The highest BCUT2D eigenvalue weighted by Crippen LogP contribution is 2.25. The zero-order valence-corrected chi connectivity index (χ0v) is 13.4. The van der Waals surface area contributed by atoms with Crippen LogP contribution in [0.2, 0.25) is 0 Å². The van der Waals surface area contributed by atoms with E-state index in [0.29, 0.717) is 5.76 Å². The summed E-state index contributed by atoms with van der Waals surface area (Å²) in [5, 5.41) is 9.10. The second-order valence-corrected chi connectivity index (χ2v) is 4.65. The highest BCUT2D eigenvalue weighted by molar-refractivity contribution is 5.92. The van der Waals surface area contributed by atoms with Crippen molar-refractivity contribution in [2.24, 2.45) is 0 Å². The number of aromatic carboxylic acids is 1. The third-order valence-corrected chi connectivity index (χ3v) is 2.51. The van der Waals surface area contributed by atoms with Gasteiger partial charge in [0.2, 0.25) is 0 Å². The van der Waals surface area contributed by atoms with Gasteiger partial charge in [0, 0.05) is 13.0 Å². The van der Waals surface area contributed by atoms with Crippen molar-refractivity contribution in [1.29, 1.82) is 0 Å². The molecule has 0 saturated carbocycles. The van der Waals surface area contributed by atoms with Crippen LogP contribution < -0.4 is 9.47 Å². The van der Waals surface area contributed by atoms with Crippen LogP contribution in [0.25, 0.3) is 0 Å². The number of rotatable bonds is 9. The lowest BCUT2D eigenvalue weighted by atomic mass is 10.2. The van der Waals surface area contributed by atoms with Crippen molar-refractivity contribution < 1.29 is 38.4 Å². The van der Waals surface area contributed by atoms with Crippen molar-refractivity contribution in [2.45, 2.75) is 20.3 Å². The fourth-order valence-corrected chi connectivity index (χ4v) is 1.52. The van der Waals surface area contributed by atoms with Crippen molar-refractivity contribution in [3.8, 4) is 11.5 Å². The van der Waals surface area contributed by atoms with Crippen LogP contribution in [-0.2, 0) is 19.1 Å². The first kappa shape index (κ1) is 19.2. The molecular weight excluding hydrogens is 320 g/mol. The Balaban J connectivity index is 2.66. The minimum atomic E-state index is -1.28. The maximum Gasteiger partial charge on any atom is 0.339 e. The molecule has 0 atom stereocenters. The summed E-state index contributed by atoms with van der Waals surface area (Å²) in [5.41, 5.74) is -0.231. The second-order valence-electron chi connectivity index (χ2n) is 4.65. The number of benzene rings is 1. The number of allylic oxidation sites excluding steroid dienone is 1. The molecule has 0 aliphatic heterocycles. The van der Waals surface area contributed by atoms with Crippen LogP contribution in [0.5, 0.6) is 11.5 Å². The zero-order chi connectivity index (χ0) is 18.1. The van der Waals surface area contributed by atoms with E-state index in [1.54, 1.807) is 6.92 Å². The number of ether oxygens (including phenoxy) is 4. The Labute approximate surface area is 138 Å². The highest BCUT2D eigenvalue weighted by atomic mass is 16.7. The molecule has 0 aliphatic carbocycles. The van der Waals surface area contributed by atoms with Crippen LogP contribution in [0.15, 0.2) is 30.5 Å². The molecule has 1 N–H and O–H groups in total. The first-order chi connectivity index (χ1) is 11.3. The lowest BCUT2D eigenvalue weighted by Gasteiger charge is -2.10. The van der Waals surface area contributed by atoms with Gasteiger partial charge in [-0.3, -0.25) is 9.59 Å². The molecule has 0 fully saturated rings. The summed E-state index contributed by atoms with van der Waals surface area (Å²) in [6.07, 6.45) is -0.115. The van der Waals surface area contributed by atoms with Gasteiger partial charge in [0.15, 0.2) is 6.79 Å². The van der Waals surface area contributed by atoms with Crippen LogP contribution in [0.3, 0.4) is 0 Å². The van der Waals surface area contributed by atoms with Gasteiger partial charge >= 0.3 is 17.9 Å². The molecule has 8 nitrogen and oxygen atoms in total. The fraction of sp³-hybridized carbons (Fsp3) is 0.312. The third-order valence-electron chi connectivity index (χ3n) is 2.51. The summed E-state index contributed by atoms with van der Waals surface area (Å²) >= 11 is 0. The molecule has 130 valence electrons. The quantitative estimate of drug-likeness (QED) is 0.240. The molecule has 8 heteroatoms. The Kier molecular flexibility index (Phi) is 7.44. The molecule has 0 heterocycles. The van der Waals surface area contributed by atoms with E-state index in [-0.39, 0.29) is 36.9 Å². The fourth-order valence-electron chi connectivity index (χ4n) is 1.52. The van der Waals surface area contributed by atoms with E-state index in [1.165, 1.54) is 19.1 Å². The molecule has 0 saturated heterocycles. The number of carbonyl (C=O) groups is 3. The van der Waals surface area contributed by atoms with E-state index in [1.807, 2.05) is 0 Å². The van der Waals surface area contributed by atoms with Crippen LogP contribution in [0, 0.1) is 0 Å². The van der Waals surface area contributed by atoms with Crippen molar-refractivity contribution in [2.75, 3.05) is 13.4 Å². The Morgan fingerprint density at radius 1 is 1.17 bits per heavy atom. The molecule has 24 heavy (non-hydrogen) atoms. The van der Waals surface area contributed by atoms with Gasteiger partial charge in [-0.15, -0.1) is 0 Å². The van der Waals surface area contributed by atoms with E-state index in [4.69, 9.17) is 24.1 Å². The average Bonchev–Trinajstić information content (AvgIpc) is 2.45. The Hall–Kier alpha value is -2.87. The lowest BCUT2D eigenvalue weighted by Crippen LogP contribution is -2.14. The molecule has 1 aromatic rings. The van der Waals surface area contributed by atoms with E-state index in [0.717, 1.165) is 6.07 Å². The summed E-state index contributed by atoms with van der Waals surface area (Å²) in [5.74, 6) is -2.23. The average molecular weight is 338 g/mol. The molecule has 0 aromatic heterocycles. The standard InChI is InChI=1S/C16H18O8/c1-10(2)22-9-21-7-6-15(18)24-14-8-12(23-11(3)17)4-5-13(14)16(19)20/h4-5,8H,1,6-7,9H2,2-3H3,(H,19,20). The second kappa shape index (κ2) is 9.31. The van der Waals surface area contributed by atoms with E-state index < -0.39 is 17.9 Å². The van der Waals surface area contributed by atoms with Gasteiger partial charge in [0.1, 0.15) is 17.1 Å².